The van der Waals surface area contributed by atoms with Crippen molar-refractivity contribution in [1.29, 1.82) is 0 Å². The van der Waals surface area contributed by atoms with Gasteiger partial charge >= 0.3 is 0 Å². The first-order chi connectivity index (χ1) is 16.4. The number of carbonyl (C=O) groups excluding carboxylic acids is 3. The maximum Gasteiger partial charge on any atom is 0.275 e. The molecule has 4 N–H and O–H groups in total. The Kier molecular flexibility index (Phi) is 9.85. The highest BCUT2D eigenvalue weighted by Crippen LogP contribution is 2.23. The van der Waals surface area contributed by atoms with Crippen LogP contribution in [-0.2, 0) is 14.4 Å². The number of hydroxylamine groups is 2. The summed E-state index contributed by atoms with van der Waals surface area (Å²) in [6.07, 6.45) is 0.889. The van der Waals surface area contributed by atoms with Crippen LogP contribution in [0.15, 0.2) is 48.8 Å². The van der Waals surface area contributed by atoms with Crippen molar-refractivity contribution in [3.05, 3.63) is 60.2 Å². The summed E-state index contributed by atoms with van der Waals surface area (Å²) >= 11 is 0. The molecule has 3 amide bonds. The molecule has 2 aromatic rings. The molecule has 0 aromatic carbocycles. The van der Waals surface area contributed by atoms with Gasteiger partial charge in [-0.25, -0.2) is 5.06 Å². The summed E-state index contributed by atoms with van der Waals surface area (Å²) in [7, 11) is 0. The predicted octanol–water partition coefficient (Wildman–Crippen LogP) is 1.84. The molecule has 2 atom stereocenters. The van der Waals surface area contributed by atoms with E-state index in [-0.39, 0.29) is 12.5 Å². The molecule has 190 valence electrons. The minimum atomic E-state index is -1.74. The Bertz CT molecular complexity index is 939. The van der Waals surface area contributed by atoms with Gasteiger partial charge in [-0.3, -0.25) is 29.6 Å². The average Bonchev–Trinajstić information content (AvgIpc) is 2.80. The van der Waals surface area contributed by atoms with Gasteiger partial charge in [-0.2, -0.15) is 0 Å². The molecule has 0 aliphatic heterocycles. The second-order valence-electron chi connectivity index (χ2n) is 9.85. The monoisotopic (exact) mass is 485 g/mol. The zero-order valence-corrected chi connectivity index (χ0v) is 20.8. The molecule has 10 nitrogen and oxygen atoms in total. The quantitative estimate of drug-likeness (QED) is 0.297. The zero-order valence-electron chi connectivity index (χ0n) is 20.8. The van der Waals surface area contributed by atoms with Crippen LogP contribution in [0.2, 0.25) is 0 Å². The SMILES string of the molecule is CC(C)CN(O)C(=O)[C@@H](O)CC(=O)N[C@H](C(=O)NC(c1ccccn1)c1ccccn1)C(C)(C)C. The number of hydrogen-bond donors (Lipinski definition) is 4. The fourth-order valence-corrected chi connectivity index (χ4v) is 3.38. The van der Waals surface area contributed by atoms with Gasteiger partial charge in [0.2, 0.25) is 11.8 Å². The number of rotatable bonds is 10. The summed E-state index contributed by atoms with van der Waals surface area (Å²) in [6.45, 7) is 8.97. The van der Waals surface area contributed by atoms with E-state index in [0.717, 1.165) is 0 Å². The van der Waals surface area contributed by atoms with Crippen LogP contribution in [-0.4, -0.2) is 61.8 Å². The number of carbonyl (C=O) groups is 3. The summed E-state index contributed by atoms with van der Waals surface area (Å²) in [4.78, 5) is 46.9. The van der Waals surface area contributed by atoms with E-state index in [1.165, 1.54) is 0 Å². The Hall–Kier alpha value is -3.37. The topological polar surface area (TPSA) is 145 Å². The number of pyridine rings is 2. The lowest BCUT2D eigenvalue weighted by atomic mass is 9.85. The predicted molar refractivity (Wildman–Crippen MR) is 129 cm³/mol. The number of nitrogens with zero attached hydrogens (tertiary/aromatic N) is 3. The molecule has 0 spiro atoms. The molecular formula is C25H35N5O5. The fourth-order valence-electron chi connectivity index (χ4n) is 3.38. The summed E-state index contributed by atoms with van der Waals surface area (Å²) in [6, 6.07) is 9.02. The largest absolute Gasteiger partial charge is 0.383 e. The minimum Gasteiger partial charge on any atom is -0.383 e. The normalized spacial score (nSPS) is 13.3. The second-order valence-corrected chi connectivity index (χ2v) is 9.85. The molecule has 0 radical (unpaired) electrons. The van der Waals surface area contributed by atoms with Crippen LogP contribution in [0.1, 0.15) is 58.5 Å². The fraction of sp³-hybridized carbons (Fsp3) is 0.480. The van der Waals surface area contributed by atoms with Crippen molar-refractivity contribution in [2.45, 2.75) is 59.2 Å². The number of aromatic nitrogens is 2. The Morgan fingerprint density at radius 2 is 1.51 bits per heavy atom. The van der Waals surface area contributed by atoms with E-state index in [1.807, 2.05) is 0 Å². The minimum absolute atomic E-state index is 0.0208. The summed E-state index contributed by atoms with van der Waals surface area (Å²) < 4.78 is 0. The van der Waals surface area contributed by atoms with Gasteiger partial charge in [-0.05, 0) is 35.6 Å². The summed E-state index contributed by atoms with van der Waals surface area (Å²) in [5.41, 5.74) is 0.453. The van der Waals surface area contributed by atoms with E-state index in [0.29, 0.717) is 16.5 Å². The standard InChI is InChI=1S/C25H35N5O5/c1-16(2)15-30(35)24(34)19(31)14-20(32)28-22(25(3,4)5)23(33)29-21(17-10-6-8-12-26-17)18-11-7-9-13-27-18/h6-13,16,19,21-22,31,35H,14-15H2,1-5H3,(H,28,32)(H,29,33)/t19-,22+/m0/s1. The Morgan fingerprint density at radius 3 is 1.94 bits per heavy atom. The van der Waals surface area contributed by atoms with Gasteiger partial charge in [0.25, 0.3) is 5.91 Å². The third-order valence-electron chi connectivity index (χ3n) is 5.14. The summed E-state index contributed by atoms with van der Waals surface area (Å²) in [5.74, 6) is -2.18. The Balaban J connectivity index is 2.17. The summed E-state index contributed by atoms with van der Waals surface area (Å²) in [5, 5.41) is 25.9. The van der Waals surface area contributed by atoms with Crippen LogP contribution in [0.25, 0.3) is 0 Å². The van der Waals surface area contributed by atoms with Crippen LogP contribution in [0, 0.1) is 11.3 Å². The van der Waals surface area contributed by atoms with E-state index < -0.39 is 47.7 Å². The molecule has 10 heteroatoms. The molecule has 0 saturated carbocycles. The van der Waals surface area contributed by atoms with E-state index in [4.69, 9.17) is 0 Å². The lowest BCUT2D eigenvalue weighted by Gasteiger charge is -2.32. The lowest BCUT2D eigenvalue weighted by Crippen LogP contribution is -2.55. The highest BCUT2D eigenvalue weighted by atomic mass is 16.5. The third kappa shape index (κ3) is 8.41. The molecule has 0 saturated heterocycles. The molecule has 2 aromatic heterocycles. The number of hydrogen-bond acceptors (Lipinski definition) is 7. The second kappa shape index (κ2) is 12.4. The van der Waals surface area contributed by atoms with Gasteiger partial charge in [0.1, 0.15) is 18.2 Å². The third-order valence-corrected chi connectivity index (χ3v) is 5.14. The van der Waals surface area contributed by atoms with Crippen LogP contribution >= 0.6 is 0 Å². The lowest BCUT2D eigenvalue weighted by molar-refractivity contribution is -0.177. The van der Waals surface area contributed by atoms with Crippen LogP contribution in [0.3, 0.4) is 0 Å². The van der Waals surface area contributed by atoms with E-state index in [2.05, 4.69) is 20.6 Å². The average molecular weight is 486 g/mol. The molecule has 2 rings (SSSR count). The molecule has 0 bridgehead atoms. The Labute approximate surface area is 205 Å². The highest BCUT2D eigenvalue weighted by Gasteiger charge is 2.35. The van der Waals surface area contributed by atoms with Crippen molar-refractivity contribution in [2.75, 3.05) is 6.54 Å². The van der Waals surface area contributed by atoms with Gasteiger partial charge in [0.15, 0.2) is 0 Å². The number of nitrogens with one attached hydrogen (secondary N) is 2. The van der Waals surface area contributed by atoms with E-state index in [9.17, 15) is 24.7 Å². The molecular weight excluding hydrogens is 450 g/mol. The van der Waals surface area contributed by atoms with Crippen molar-refractivity contribution in [3.63, 3.8) is 0 Å². The maximum atomic E-state index is 13.4. The van der Waals surface area contributed by atoms with Gasteiger partial charge < -0.3 is 15.7 Å². The Morgan fingerprint density at radius 1 is 0.971 bits per heavy atom. The van der Waals surface area contributed by atoms with Crippen LogP contribution in [0.5, 0.6) is 0 Å². The first-order valence-electron chi connectivity index (χ1n) is 11.5. The van der Waals surface area contributed by atoms with Crippen LogP contribution in [0.4, 0.5) is 0 Å². The van der Waals surface area contributed by atoms with Gasteiger partial charge in [0, 0.05) is 12.4 Å². The molecule has 0 aliphatic rings. The first-order valence-corrected chi connectivity index (χ1v) is 11.5. The van der Waals surface area contributed by atoms with Gasteiger partial charge in [-0.1, -0.05) is 46.8 Å². The number of aliphatic hydroxyl groups excluding tert-OH is 1. The van der Waals surface area contributed by atoms with Crippen LogP contribution < -0.4 is 10.6 Å². The van der Waals surface area contributed by atoms with Gasteiger partial charge in [-0.15, -0.1) is 0 Å². The van der Waals surface area contributed by atoms with Crippen molar-refractivity contribution in [2.24, 2.45) is 11.3 Å². The zero-order chi connectivity index (χ0) is 26.2. The molecule has 0 unspecified atom stereocenters. The van der Waals surface area contributed by atoms with Crippen molar-refractivity contribution >= 4 is 17.7 Å². The van der Waals surface area contributed by atoms with E-state index >= 15 is 0 Å². The van der Waals surface area contributed by atoms with E-state index in [1.54, 1.807) is 83.4 Å². The van der Waals surface area contributed by atoms with Crippen molar-refractivity contribution in [3.8, 4) is 0 Å². The van der Waals surface area contributed by atoms with Crippen molar-refractivity contribution < 1.29 is 24.7 Å². The van der Waals surface area contributed by atoms with Crippen molar-refractivity contribution in [1.82, 2.24) is 25.7 Å². The molecule has 0 fully saturated rings. The molecule has 0 aliphatic carbocycles. The van der Waals surface area contributed by atoms with Gasteiger partial charge in [0.05, 0.1) is 24.4 Å². The number of aliphatic hydroxyl groups is 1. The highest BCUT2D eigenvalue weighted by molar-refractivity contribution is 5.91. The maximum absolute atomic E-state index is 13.4. The molecule has 2 heterocycles. The molecule has 35 heavy (non-hydrogen) atoms. The smallest absolute Gasteiger partial charge is 0.275 e. The first kappa shape index (κ1) is 27.9. The number of amides is 3.